The van der Waals surface area contributed by atoms with Crippen molar-refractivity contribution in [3.8, 4) is 0 Å². The van der Waals surface area contributed by atoms with Crippen LogP contribution in [-0.4, -0.2) is 24.1 Å². The molecule has 0 aliphatic carbocycles. The molecule has 0 unspecified atom stereocenters. The highest BCUT2D eigenvalue weighted by Crippen LogP contribution is 2.23. The number of imide groups is 2. The number of benzene rings is 2. The summed E-state index contributed by atoms with van der Waals surface area (Å²) in [5, 5.41) is 2.04. The van der Waals surface area contributed by atoms with E-state index in [1.807, 2.05) is 5.32 Å². The zero-order chi connectivity index (χ0) is 17.1. The van der Waals surface area contributed by atoms with E-state index >= 15 is 0 Å². The highest BCUT2D eigenvalue weighted by Gasteiger charge is 2.41. The number of amides is 4. The van der Waals surface area contributed by atoms with Crippen LogP contribution in [0.5, 0.6) is 0 Å². The number of nitrogens with zero attached hydrogens (tertiary/aromatic N) is 2. The number of carbonyl (C=O) groups excluding carboxylic acids is 3. The molecule has 0 spiro atoms. The molecule has 0 aromatic heterocycles. The zero-order valence-corrected chi connectivity index (χ0v) is 12.3. The van der Waals surface area contributed by atoms with Crippen LogP contribution in [0.3, 0.4) is 0 Å². The number of carbonyl (C=O) groups is 3. The fourth-order valence-corrected chi connectivity index (χ4v) is 2.26. The molecular formula is C17H12FN3O3. The highest BCUT2D eigenvalue weighted by molar-refractivity contribution is 6.32. The van der Waals surface area contributed by atoms with Gasteiger partial charge in [0, 0.05) is 6.21 Å². The molecule has 1 atom stereocenters. The number of anilines is 1. The van der Waals surface area contributed by atoms with Gasteiger partial charge in [0.15, 0.2) is 5.92 Å². The van der Waals surface area contributed by atoms with Gasteiger partial charge in [-0.15, -0.1) is 0 Å². The number of aliphatic imine (C=N–C) groups is 1. The van der Waals surface area contributed by atoms with Gasteiger partial charge >= 0.3 is 6.03 Å². The van der Waals surface area contributed by atoms with Gasteiger partial charge in [-0.2, -0.15) is 0 Å². The quantitative estimate of drug-likeness (QED) is 0.695. The van der Waals surface area contributed by atoms with E-state index < -0.39 is 29.6 Å². The SMILES string of the molecule is O=C1NC(=O)N(c2ccccc2F)C(=O)[C@@H]1C=Nc1ccccc1. The molecular weight excluding hydrogens is 313 g/mol. The van der Waals surface area contributed by atoms with Gasteiger partial charge in [0.2, 0.25) is 5.91 Å². The number of para-hydroxylation sites is 2. The van der Waals surface area contributed by atoms with Crippen molar-refractivity contribution in [1.82, 2.24) is 5.32 Å². The molecule has 1 N–H and O–H groups in total. The van der Waals surface area contributed by atoms with Crippen molar-refractivity contribution in [2.45, 2.75) is 0 Å². The fourth-order valence-electron chi connectivity index (χ4n) is 2.26. The Bertz CT molecular complexity index is 836. The molecule has 0 bridgehead atoms. The Labute approximate surface area is 136 Å². The van der Waals surface area contributed by atoms with E-state index in [0.29, 0.717) is 10.6 Å². The summed E-state index contributed by atoms with van der Waals surface area (Å²) in [6.07, 6.45) is 1.15. The van der Waals surface area contributed by atoms with Crippen LogP contribution in [0.15, 0.2) is 59.6 Å². The number of barbiturate groups is 1. The van der Waals surface area contributed by atoms with Crippen LogP contribution in [0.25, 0.3) is 0 Å². The smallest absolute Gasteiger partial charge is 0.276 e. The minimum Gasteiger partial charge on any atom is -0.276 e. The summed E-state index contributed by atoms with van der Waals surface area (Å²) in [6.45, 7) is 0. The Morgan fingerprint density at radius 3 is 2.38 bits per heavy atom. The molecule has 3 rings (SSSR count). The van der Waals surface area contributed by atoms with Crippen LogP contribution < -0.4 is 10.2 Å². The minimum absolute atomic E-state index is 0.217. The first-order chi connectivity index (χ1) is 11.6. The number of hydrogen-bond donors (Lipinski definition) is 1. The second kappa shape index (κ2) is 6.41. The molecule has 7 heteroatoms. The molecule has 1 saturated heterocycles. The Morgan fingerprint density at radius 2 is 1.67 bits per heavy atom. The molecule has 2 aromatic carbocycles. The average molecular weight is 325 g/mol. The lowest BCUT2D eigenvalue weighted by Crippen LogP contribution is -2.58. The first-order valence-electron chi connectivity index (χ1n) is 7.10. The van der Waals surface area contributed by atoms with Crippen molar-refractivity contribution in [1.29, 1.82) is 0 Å². The first-order valence-corrected chi connectivity index (χ1v) is 7.10. The number of rotatable bonds is 3. The molecule has 1 aliphatic rings. The monoisotopic (exact) mass is 325 g/mol. The van der Waals surface area contributed by atoms with E-state index in [1.54, 1.807) is 30.3 Å². The van der Waals surface area contributed by atoms with E-state index in [4.69, 9.17) is 0 Å². The van der Waals surface area contributed by atoms with Gasteiger partial charge in [-0.1, -0.05) is 30.3 Å². The van der Waals surface area contributed by atoms with Crippen molar-refractivity contribution < 1.29 is 18.8 Å². The van der Waals surface area contributed by atoms with Gasteiger partial charge in [-0.3, -0.25) is 19.9 Å². The lowest BCUT2D eigenvalue weighted by molar-refractivity contribution is -0.131. The molecule has 2 aromatic rings. The minimum atomic E-state index is -1.32. The van der Waals surface area contributed by atoms with Crippen LogP contribution in [0.2, 0.25) is 0 Å². The Morgan fingerprint density at radius 1 is 1.00 bits per heavy atom. The van der Waals surface area contributed by atoms with Crippen molar-refractivity contribution in [3.05, 3.63) is 60.4 Å². The van der Waals surface area contributed by atoms with E-state index in [-0.39, 0.29) is 5.69 Å². The Kier molecular flexibility index (Phi) is 4.15. The Balaban J connectivity index is 1.92. The highest BCUT2D eigenvalue weighted by atomic mass is 19.1. The van der Waals surface area contributed by atoms with Crippen molar-refractivity contribution in [2.24, 2.45) is 10.9 Å². The summed E-state index contributed by atoms with van der Waals surface area (Å²) >= 11 is 0. The first kappa shape index (κ1) is 15.5. The summed E-state index contributed by atoms with van der Waals surface area (Å²) in [4.78, 5) is 41.1. The maximum Gasteiger partial charge on any atom is 0.335 e. The van der Waals surface area contributed by atoms with Crippen LogP contribution in [0, 0.1) is 11.7 Å². The predicted octanol–water partition coefficient (Wildman–Crippen LogP) is 2.43. The van der Waals surface area contributed by atoms with Crippen molar-refractivity contribution in [3.63, 3.8) is 0 Å². The lowest BCUT2D eigenvalue weighted by Gasteiger charge is -2.28. The maximum atomic E-state index is 13.9. The summed E-state index contributed by atoms with van der Waals surface area (Å²) in [7, 11) is 0. The van der Waals surface area contributed by atoms with E-state index in [1.165, 1.54) is 18.2 Å². The third-order valence-corrected chi connectivity index (χ3v) is 3.42. The summed E-state index contributed by atoms with van der Waals surface area (Å²) in [5.41, 5.74) is 0.332. The summed E-state index contributed by atoms with van der Waals surface area (Å²) < 4.78 is 13.9. The molecule has 0 saturated carbocycles. The van der Waals surface area contributed by atoms with Crippen LogP contribution in [0.1, 0.15) is 0 Å². The van der Waals surface area contributed by atoms with E-state index in [9.17, 15) is 18.8 Å². The second-order valence-electron chi connectivity index (χ2n) is 5.01. The normalized spacial score (nSPS) is 18.1. The number of halogens is 1. The summed E-state index contributed by atoms with van der Waals surface area (Å²) in [5.74, 6) is -3.71. The largest absolute Gasteiger partial charge is 0.335 e. The van der Waals surface area contributed by atoms with Crippen molar-refractivity contribution >= 4 is 35.4 Å². The van der Waals surface area contributed by atoms with Gasteiger partial charge < -0.3 is 0 Å². The molecule has 120 valence electrons. The van der Waals surface area contributed by atoms with Crippen LogP contribution in [-0.2, 0) is 9.59 Å². The molecule has 4 amide bonds. The standard InChI is InChI=1S/C17H12FN3O3/c18-13-8-4-5-9-14(13)21-16(23)12(15(22)20-17(21)24)10-19-11-6-2-1-3-7-11/h1-10,12H,(H,20,22,24)/t12-/m1/s1. The average Bonchev–Trinajstić information content (AvgIpc) is 2.57. The number of nitrogens with one attached hydrogen (secondary N) is 1. The molecule has 24 heavy (non-hydrogen) atoms. The number of hydrogen-bond acceptors (Lipinski definition) is 4. The molecule has 1 fully saturated rings. The second-order valence-corrected chi connectivity index (χ2v) is 5.01. The van der Waals surface area contributed by atoms with Gasteiger partial charge in [-0.05, 0) is 24.3 Å². The number of urea groups is 1. The third-order valence-electron chi connectivity index (χ3n) is 3.42. The maximum absolute atomic E-state index is 13.9. The van der Waals surface area contributed by atoms with Crippen LogP contribution in [0.4, 0.5) is 20.6 Å². The summed E-state index contributed by atoms with van der Waals surface area (Å²) in [6, 6.07) is 13.0. The molecule has 6 nitrogen and oxygen atoms in total. The van der Waals surface area contributed by atoms with Crippen LogP contribution >= 0.6 is 0 Å². The zero-order valence-electron chi connectivity index (χ0n) is 12.3. The lowest BCUT2D eigenvalue weighted by atomic mass is 10.1. The molecule has 1 aliphatic heterocycles. The predicted molar refractivity (Wildman–Crippen MR) is 85.5 cm³/mol. The molecule has 0 radical (unpaired) electrons. The van der Waals surface area contributed by atoms with Gasteiger partial charge in [0.25, 0.3) is 5.91 Å². The third kappa shape index (κ3) is 2.91. The van der Waals surface area contributed by atoms with Gasteiger partial charge in [0.05, 0.1) is 11.4 Å². The van der Waals surface area contributed by atoms with E-state index in [2.05, 4.69) is 4.99 Å². The fraction of sp³-hybridized carbons (Fsp3) is 0.0588. The van der Waals surface area contributed by atoms with Gasteiger partial charge in [0.1, 0.15) is 5.82 Å². The topological polar surface area (TPSA) is 78.8 Å². The Hall–Kier alpha value is -3.35. The van der Waals surface area contributed by atoms with Crippen molar-refractivity contribution in [2.75, 3.05) is 4.90 Å². The van der Waals surface area contributed by atoms with Gasteiger partial charge in [-0.25, -0.2) is 14.1 Å². The molecule has 1 heterocycles. The van der Waals surface area contributed by atoms with E-state index in [0.717, 1.165) is 12.3 Å².